The molecule has 0 fully saturated rings. The molecule has 0 amide bonds. The van der Waals surface area contributed by atoms with Gasteiger partial charge in [0, 0.05) is 0 Å². The van der Waals surface area contributed by atoms with Crippen LogP contribution < -0.4 is 15.2 Å². The quantitative estimate of drug-likeness (QED) is 0.247. The second-order valence-corrected chi connectivity index (χ2v) is 8.65. The fraction of sp³-hybridized carbons (Fsp3) is 0.600. The Balaban J connectivity index is 2.88. The van der Waals surface area contributed by atoms with Crippen molar-refractivity contribution in [3.8, 4) is 11.5 Å². The summed E-state index contributed by atoms with van der Waals surface area (Å²) in [5.41, 5.74) is 5.87. The predicted molar refractivity (Wildman–Crippen MR) is 129 cm³/mol. The molecule has 0 heterocycles. The molecule has 0 aliphatic carbocycles. The molecule has 3 atom stereocenters. The van der Waals surface area contributed by atoms with E-state index >= 15 is 0 Å². The van der Waals surface area contributed by atoms with Crippen LogP contribution in [0.15, 0.2) is 18.2 Å². The number of rotatable bonds is 12. The molecule has 0 saturated heterocycles. The average Bonchev–Trinajstić information content (AvgIpc) is 2.80. The number of ether oxygens (including phenoxy) is 6. The lowest BCUT2D eigenvalue weighted by Gasteiger charge is -2.27. The highest BCUT2D eigenvalue weighted by Crippen LogP contribution is 2.30. The van der Waals surface area contributed by atoms with Crippen molar-refractivity contribution in [3.05, 3.63) is 23.8 Å². The Morgan fingerprint density at radius 2 is 1.39 bits per heavy atom. The number of esters is 2. The first-order chi connectivity index (χ1) is 16.8. The van der Waals surface area contributed by atoms with Crippen molar-refractivity contribution in [2.75, 3.05) is 13.2 Å². The third kappa shape index (κ3) is 9.73. The summed E-state index contributed by atoms with van der Waals surface area (Å²) in [5.74, 6) is -1.29. The third-order valence-corrected chi connectivity index (χ3v) is 5.37. The van der Waals surface area contributed by atoms with E-state index in [1.807, 2.05) is 6.92 Å². The van der Waals surface area contributed by atoms with Crippen LogP contribution in [0.2, 0.25) is 0 Å². The van der Waals surface area contributed by atoms with E-state index in [2.05, 4.69) is 0 Å². The highest BCUT2D eigenvalue weighted by molar-refractivity contribution is 5.77. The van der Waals surface area contributed by atoms with E-state index < -0.39 is 41.9 Å². The monoisotopic (exact) mass is 511 g/mol. The molecule has 0 bridgehead atoms. The molecule has 0 unspecified atom stereocenters. The van der Waals surface area contributed by atoms with Crippen LogP contribution in [0.5, 0.6) is 11.5 Å². The molecule has 0 radical (unpaired) electrons. The number of hydrogen-bond donors (Lipinski definition) is 1. The zero-order chi connectivity index (χ0) is 27.5. The summed E-state index contributed by atoms with van der Waals surface area (Å²) < 4.78 is 30.5. The van der Waals surface area contributed by atoms with E-state index in [1.165, 1.54) is 12.1 Å². The van der Waals surface area contributed by atoms with Gasteiger partial charge in [0.05, 0.1) is 18.6 Å². The Bertz CT molecular complexity index is 914. The second-order valence-electron chi connectivity index (χ2n) is 8.65. The van der Waals surface area contributed by atoms with E-state index in [-0.39, 0.29) is 37.1 Å². The summed E-state index contributed by atoms with van der Waals surface area (Å²) in [6, 6.07) is 3.23. The standard InChI is InChI=1S/C25H37NO10/c1-8-25(6,7)22(28)34-16(5)15(4)33-21(27)18(26)13-17-11-12-19(35-23(29)31-9-2)20(14-17)36-24(30)32-10-3/h11-12,14-16,18H,8-10,13,26H2,1-7H3/t15-,16-,18-/m0/s1. The van der Waals surface area contributed by atoms with Crippen LogP contribution in [-0.2, 0) is 35.0 Å². The van der Waals surface area contributed by atoms with E-state index in [0.717, 1.165) is 0 Å². The first-order valence-electron chi connectivity index (χ1n) is 11.8. The minimum Gasteiger partial charge on any atom is -0.458 e. The summed E-state index contributed by atoms with van der Waals surface area (Å²) in [7, 11) is 0. The van der Waals surface area contributed by atoms with Crippen molar-refractivity contribution in [2.24, 2.45) is 11.1 Å². The molecule has 2 N–H and O–H groups in total. The first-order valence-corrected chi connectivity index (χ1v) is 11.8. The number of hydrogen-bond acceptors (Lipinski definition) is 11. The van der Waals surface area contributed by atoms with E-state index in [1.54, 1.807) is 47.6 Å². The van der Waals surface area contributed by atoms with Crippen molar-refractivity contribution in [1.29, 1.82) is 0 Å². The molecule has 202 valence electrons. The van der Waals surface area contributed by atoms with Gasteiger partial charge in [0.25, 0.3) is 0 Å². The van der Waals surface area contributed by atoms with Crippen LogP contribution in [0, 0.1) is 5.41 Å². The molecule has 1 aromatic carbocycles. The van der Waals surface area contributed by atoms with Gasteiger partial charge in [-0.1, -0.05) is 13.0 Å². The minimum absolute atomic E-state index is 0.0153. The highest BCUT2D eigenvalue weighted by atomic mass is 16.7. The summed E-state index contributed by atoms with van der Waals surface area (Å²) in [6.45, 7) is 12.1. The van der Waals surface area contributed by atoms with Gasteiger partial charge in [0.1, 0.15) is 18.2 Å². The molecule has 11 heteroatoms. The van der Waals surface area contributed by atoms with Gasteiger partial charge in [-0.25, -0.2) is 9.59 Å². The molecule has 11 nitrogen and oxygen atoms in total. The molecule has 0 aliphatic rings. The average molecular weight is 512 g/mol. The van der Waals surface area contributed by atoms with Crippen LogP contribution >= 0.6 is 0 Å². The van der Waals surface area contributed by atoms with Gasteiger partial charge in [0.2, 0.25) is 0 Å². The first kappa shape index (κ1) is 30.7. The van der Waals surface area contributed by atoms with Gasteiger partial charge in [-0.15, -0.1) is 0 Å². The topological polar surface area (TPSA) is 150 Å². The highest BCUT2D eigenvalue weighted by Gasteiger charge is 2.31. The zero-order valence-corrected chi connectivity index (χ0v) is 22.0. The Hall–Kier alpha value is -3.34. The van der Waals surface area contributed by atoms with Crippen molar-refractivity contribution in [3.63, 3.8) is 0 Å². The SMILES string of the molecule is CCOC(=O)Oc1ccc(C[C@H](N)C(=O)O[C@@H](C)[C@H](C)OC(=O)C(C)(C)CC)cc1OC(=O)OCC. The third-order valence-electron chi connectivity index (χ3n) is 5.37. The Morgan fingerprint density at radius 3 is 1.92 bits per heavy atom. The molecular weight excluding hydrogens is 474 g/mol. The summed E-state index contributed by atoms with van der Waals surface area (Å²) in [4.78, 5) is 48.3. The lowest BCUT2D eigenvalue weighted by molar-refractivity contribution is -0.172. The molecule has 0 aromatic heterocycles. The van der Waals surface area contributed by atoms with Crippen molar-refractivity contribution >= 4 is 24.2 Å². The molecule has 0 saturated carbocycles. The molecule has 36 heavy (non-hydrogen) atoms. The van der Waals surface area contributed by atoms with Gasteiger partial charge < -0.3 is 34.2 Å². The maximum absolute atomic E-state index is 12.6. The van der Waals surface area contributed by atoms with Gasteiger partial charge in [0.15, 0.2) is 11.5 Å². The summed E-state index contributed by atoms with van der Waals surface area (Å²) in [6.07, 6.45) is -2.78. The fourth-order valence-electron chi connectivity index (χ4n) is 2.59. The Kier molecular flexibility index (Phi) is 12.2. The molecule has 0 aliphatic heterocycles. The zero-order valence-electron chi connectivity index (χ0n) is 22.0. The van der Waals surface area contributed by atoms with Crippen LogP contribution in [0.25, 0.3) is 0 Å². The van der Waals surface area contributed by atoms with Crippen LogP contribution in [0.4, 0.5) is 9.59 Å². The van der Waals surface area contributed by atoms with Crippen LogP contribution in [-0.4, -0.2) is 55.7 Å². The van der Waals surface area contributed by atoms with Crippen molar-refractivity contribution in [1.82, 2.24) is 0 Å². The molecule has 0 spiro atoms. The smallest absolute Gasteiger partial charge is 0.458 e. The Labute approximate surface area is 211 Å². The van der Waals surface area contributed by atoms with Crippen LogP contribution in [0.1, 0.15) is 60.5 Å². The van der Waals surface area contributed by atoms with E-state index in [0.29, 0.717) is 12.0 Å². The lowest BCUT2D eigenvalue weighted by atomic mass is 9.90. The molecule has 1 aromatic rings. The number of carbonyl (C=O) groups excluding carboxylic acids is 4. The minimum atomic E-state index is -1.07. The predicted octanol–water partition coefficient (Wildman–Crippen LogP) is 3.93. The Morgan fingerprint density at radius 1 is 0.861 bits per heavy atom. The summed E-state index contributed by atoms with van der Waals surface area (Å²) in [5, 5.41) is 0. The van der Waals surface area contributed by atoms with Gasteiger partial charge in [-0.05, 0) is 72.1 Å². The fourth-order valence-corrected chi connectivity index (χ4v) is 2.59. The van der Waals surface area contributed by atoms with Crippen LogP contribution in [0.3, 0.4) is 0 Å². The largest absolute Gasteiger partial charge is 0.513 e. The van der Waals surface area contributed by atoms with Gasteiger partial charge in [-0.3, -0.25) is 9.59 Å². The molecule has 1 rings (SSSR count). The van der Waals surface area contributed by atoms with E-state index in [9.17, 15) is 19.2 Å². The normalized spacial score (nSPS) is 13.6. The maximum Gasteiger partial charge on any atom is 0.513 e. The van der Waals surface area contributed by atoms with Crippen molar-refractivity contribution < 1.29 is 47.6 Å². The molecular formula is C25H37NO10. The van der Waals surface area contributed by atoms with E-state index in [4.69, 9.17) is 34.2 Å². The summed E-state index contributed by atoms with van der Waals surface area (Å²) >= 11 is 0. The van der Waals surface area contributed by atoms with Crippen molar-refractivity contribution in [2.45, 2.75) is 79.6 Å². The second kappa shape index (κ2) is 14.3. The maximum atomic E-state index is 12.6. The lowest BCUT2D eigenvalue weighted by Crippen LogP contribution is -2.40. The van der Waals surface area contributed by atoms with Gasteiger partial charge in [-0.2, -0.15) is 0 Å². The number of nitrogens with two attached hydrogens (primary N) is 1. The number of benzene rings is 1. The number of carbonyl (C=O) groups is 4. The van der Waals surface area contributed by atoms with Gasteiger partial charge >= 0.3 is 24.2 Å².